The number of amides is 3. The molecule has 7 nitrogen and oxygen atoms in total. The van der Waals surface area contributed by atoms with Crippen molar-refractivity contribution >= 4 is 40.4 Å². The summed E-state index contributed by atoms with van der Waals surface area (Å²) in [6.07, 6.45) is 1.25. The van der Waals surface area contributed by atoms with Crippen LogP contribution in [0.4, 0.5) is 4.79 Å². The Morgan fingerprint density at radius 1 is 1.50 bits per heavy atom. The van der Waals surface area contributed by atoms with Gasteiger partial charge in [0.1, 0.15) is 11.6 Å². The molecule has 1 fully saturated rings. The van der Waals surface area contributed by atoms with Crippen LogP contribution >= 0.6 is 23.4 Å². The van der Waals surface area contributed by atoms with Gasteiger partial charge >= 0.3 is 0 Å². The highest BCUT2D eigenvalue weighted by atomic mass is 35.5. The van der Waals surface area contributed by atoms with Crippen LogP contribution in [0, 0.1) is 11.3 Å². The van der Waals surface area contributed by atoms with Crippen LogP contribution in [0.3, 0.4) is 0 Å². The molecule has 1 heterocycles. The lowest BCUT2D eigenvalue weighted by molar-refractivity contribution is -0.124. The second-order valence-corrected chi connectivity index (χ2v) is 4.97. The van der Waals surface area contributed by atoms with Crippen molar-refractivity contribution < 1.29 is 14.4 Å². The van der Waals surface area contributed by atoms with Crippen LogP contribution in [0.2, 0.25) is 0 Å². The Kier molecular flexibility index (Phi) is 6.90. The van der Waals surface area contributed by atoms with E-state index in [1.807, 2.05) is 0 Å². The third-order valence-electron chi connectivity index (χ3n) is 2.31. The largest absolute Gasteiger partial charge is 0.388 e. The number of nitrogens with one attached hydrogen (secondary N) is 2. The van der Waals surface area contributed by atoms with Crippen molar-refractivity contribution in [2.75, 3.05) is 31.3 Å². The summed E-state index contributed by atoms with van der Waals surface area (Å²) in [4.78, 5) is 35.2. The average Bonchev–Trinajstić information content (AvgIpc) is 2.76. The Bertz CT molecular complexity index is 459. The second-order valence-electron chi connectivity index (χ2n) is 3.67. The van der Waals surface area contributed by atoms with Gasteiger partial charge in [-0.1, -0.05) is 11.8 Å². The number of imide groups is 1. The van der Waals surface area contributed by atoms with Gasteiger partial charge in [-0.05, 0) is 0 Å². The Balaban J connectivity index is 2.38. The fourth-order valence-corrected chi connectivity index (χ4v) is 2.20. The number of nitriles is 1. The lowest BCUT2D eigenvalue weighted by atomic mass is 10.3. The predicted molar refractivity (Wildman–Crippen MR) is 75.0 cm³/mol. The smallest absolute Gasteiger partial charge is 0.288 e. The summed E-state index contributed by atoms with van der Waals surface area (Å²) >= 11 is 6.38. The second kappa shape index (κ2) is 8.45. The SMILES string of the molecule is N#C/C(=C/NCCN1C(=O)CSC1=O)C(=O)NCCCl. The fraction of sp³-hybridized carbons (Fsp3) is 0.455. The van der Waals surface area contributed by atoms with Crippen molar-refractivity contribution in [3.63, 3.8) is 0 Å². The van der Waals surface area contributed by atoms with E-state index < -0.39 is 5.91 Å². The average molecular weight is 317 g/mol. The fourth-order valence-electron chi connectivity index (χ4n) is 1.35. The minimum absolute atomic E-state index is 0.0939. The number of hydrogen-bond acceptors (Lipinski definition) is 6. The van der Waals surface area contributed by atoms with Gasteiger partial charge in [-0.25, -0.2) is 0 Å². The summed E-state index contributed by atoms with van der Waals surface area (Å²) in [6, 6.07) is 1.75. The van der Waals surface area contributed by atoms with Crippen LogP contribution < -0.4 is 10.6 Å². The maximum atomic E-state index is 11.5. The highest BCUT2D eigenvalue weighted by molar-refractivity contribution is 8.14. The summed E-state index contributed by atoms with van der Waals surface area (Å²) < 4.78 is 0. The molecule has 0 aliphatic carbocycles. The van der Waals surface area contributed by atoms with Crippen LogP contribution in [0.25, 0.3) is 0 Å². The predicted octanol–water partition coefficient (Wildman–Crippen LogP) is 0.0339. The first-order valence-electron chi connectivity index (χ1n) is 5.75. The molecular formula is C11H13ClN4O3S. The van der Waals surface area contributed by atoms with Crippen molar-refractivity contribution in [2.45, 2.75) is 0 Å². The topological polar surface area (TPSA) is 102 Å². The Morgan fingerprint density at radius 2 is 2.25 bits per heavy atom. The molecule has 0 radical (unpaired) electrons. The zero-order valence-corrected chi connectivity index (χ0v) is 12.1. The summed E-state index contributed by atoms with van der Waals surface area (Å²) in [5, 5.41) is 13.7. The highest BCUT2D eigenvalue weighted by Gasteiger charge is 2.28. The zero-order valence-electron chi connectivity index (χ0n) is 10.5. The van der Waals surface area contributed by atoms with Gasteiger partial charge in [-0.15, -0.1) is 11.6 Å². The van der Waals surface area contributed by atoms with Crippen molar-refractivity contribution in [1.82, 2.24) is 15.5 Å². The van der Waals surface area contributed by atoms with E-state index in [0.717, 1.165) is 16.7 Å². The van der Waals surface area contributed by atoms with Crippen molar-refractivity contribution in [3.05, 3.63) is 11.8 Å². The van der Waals surface area contributed by atoms with Gasteiger partial charge in [0.25, 0.3) is 11.1 Å². The van der Waals surface area contributed by atoms with E-state index in [4.69, 9.17) is 16.9 Å². The minimum Gasteiger partial charge on any atom is -0.388 e. The molecule has 0 aromatic carbocycles. The molecule has 2 N–H and O–H groups in total. The Morgan fingerprint density at radius 3 is 2.80 bits per heavy atom. The molecule has 20 heavy (non-hydrogen) atoms. The number of nitrogens with zero attached hydrogens (tertiary/aromatic N) is 2. The zero-order chi connectivity index (χ0) is 15.0. The van der Waals surface area contributed by atoms with Gasteiger partial charge < -0.3 is 10.6 Å². The van der Waals surface area contributed by atoms with Gasteiger partial charge in [0.05, 0.1) is 5.75 Å². The molecule has 1 saturated heterocycles. The van der Waals surface area contributed by atoms with Gasteiger partial charge in [-0.2, -0.15) is 5.26 Å². The molecule has 0 spiro atoms. The molecule has 0 atom stereocenters. The van der Waals surface area contributed by atoms with E-state index in [9.17, 15) is 14.4 Å². The number of thioether (sulfide) groups is 1. The van der Waals surface area contributed by atoms with Gasteiger partial charge in [0.15, 0.2) is 0 Å². The van der Waals surface area contributed by atoms with Crippen LogP contribution in [0.5, 0.6) is 0 Å². The first-order valence-corrected chi connectivity index (χ1v) is 7.27. The number of carbonyl (C=O) groups is 3. The Labute approximate surface area is 125 Å². The molecule has 1 aliphatic heterocycles. The van der Waals surface area contributed by atoms with E-state index in [1.165, 1.54) is 6.20 Å². The number of alkyl halides is 1. The first kappa shape index (κ1) is 16.3. The quantitative estimate of drug-likeness (QED) is 0.297. The van der Waals surface area contributed by atoms with E-state index in [2.05, 4.69) is 10.6 Å². The molecule has 0 aromatic heterocycles. The number of hydrogen-bond donors (Lipinski definition) is 2. The van der Waals surface area contributed by atoms with Crippen molar-refractivity contribution in [1.29, 1.82) is 5.26 Å². The summed E-state index contributed by atoms with van der Waals surface area (Å²) in [7, 11) is 0. The van der Waals surface area contributed by atoms with Crippen LogP contribution in [0.1, 0.15) is 0 Å². The molecule has 3 amide bonds. The van der Waals surface area contributed by atoms with Crippen LogP contribution in [-0.2, 0) is 9.59 Å². The molecule has 0 bridgehead atoms. The first-order chi connectivity index (χ1) is 9.60. The maximum Gasteiger partial charge on any atom is 0.288 e. The molecule has 1 aliphatic rings. The monoisotopic (exact) mass is 316 g/mol. The normalized spacial score (nSPS) is 15.2. The third kappa shape index (κ3) is 4.75. The Hall–Kier alpha value is -1.72. The molecule has 0 unspecified atom stereocenters. The van der Waals surface area contributed by atoms with Gasteiger partial charge in [-0.3, -0.25) is 19.3 Å². The lowest BCUT2D eigenvalue weighted by Gasteiger charge is -2.12. The van der Waals surface area contributed by atoms with Gasteiger partial charge in [0, 0.05) is 31.7 Å². The summed E-state index contributed by atoms with van der Waals surface area (Å²) in [6.45, 7) is 0.739. The standard InChI is InChI=1S/C11H13ClN4O3S/c12-1-2-15-10(18)8(5-13)6-14-3-4-16-9(17)7-20-11(16)19/h6,14H,1-4,7H2,(H,15,18)/b8-6-. The molecular weight excluding hydrogens is 304 g/mol. The van der Waals surface area contributed by atoms with Crippen molar-refractivity contribution in [3.8, 4) is 6.07 Å². The molecule has 1 rings (SSSR count). The molecule has 0 aromatic rings. The highest BCUT2D eigenvalue weighted by Crippen LogP contribution is 2.17. The number of rotatable bonds is 7. The summed E-state index contributed by atoms with van der Waals surface area (Å²) in [5.74, 6) is -0.330. The van der Waals surface area contributed by atoms with Crippen LogP contribution in [-0.4, -0.2) is 53.2 Å². The third-order valence-corrected chi connectivity index (χ3v) is 3.36. The number of halogens is 1. The van der Waals surface area contributed by atoms with E-state index in [0.29, 0.717) is 0 Å². The van der Waals surface area contributed by atoms with E-state index >= 15 is 0 Å². The molecule has 9 heteroatoms. The maximum absolute atomic E-state index is 11.5. The lowest BCUT2D eigenvalue weighted by Crippen LogP contribution is -2.34. The van der Waals surface area contributed by atoms with Crippen LogP contribution in [0.15, 0.2) is 11.8 Å². The number of carbonyl (C=O) groups excluding carboxylic acids is 3. The van der Waals surface area contributed by atoms with Crippen molar-refractivity contribution in [2.24, 2.45) is 0 Å². The van der Waals surface area contributed by atoms with E-state index in [1.54, 1.807) is 6.07 Å². The minimum atomic E-state index is -0.524. The molecule has 108 valence electrons. The van der Waals surface area contributed by atoms with E-state index in [-0.39, 0.29) is 48.0 Å². The molecule has 0 saturated carbocycles. The van der Waals surface area contributed by atoms with Gasteiger partial charge in [0.2, 0.25) is 5.91 Å². The summed E-state index contributed by atoms with van der Waals surface area (Å²) in [5.41, 5.74) is -0.0939.